The number of carbonyl (C=O) groups excluding carboxylic acids is 3. The summed E-state index contributed by atoms with van der Waals surface area (Å²) in [5.41, 5.74) is 0. The first-order valence-electron chi connectivity index (χ1n) is 9.68. The third-order valence-electron chi connectivity index (χ3n) is 4.66. The molecule has 4 unspecified atom stereocenters. The number of hydrogen-bond acceptors (Lipinski definition) is 7. The molecule has 4 atom stereocenters. The Morgan fingerprint density at radius 1 is 1.14 bits per heavy atom. The lowest BCUT2D eigenvalue weighted by atomic mass is 10.0. The van der Waals surface area contributed by atoms with Gasteiger partial charge in [0, 0.05) is 5.75 Å². The van der Waals surface area contributed by atoms with Crippen molar-refractivity contribution in [1.82, 2.24) is 21.3 Å². The van der Waals surface area contributed by atoms with E-state index in [1.165, 1.54) is 11.8 Å². The molecule has 0 radical (unpaired) electrons. The van der Waals surface area contributed by atoms with Crippen LogP contribution in [0.3, 0.4) is 0 Å². The van der Waals surface area contributed by atoms with Gasteiger partial charge in [-0.15, -0.1) is 0 Å². The molecule has 9 nitrogen and oxygen atoms in total. The molecule has 166 valence electrons. The molecule has 0 spiro atoms. The maximum atomic E-state index is 12.6. The van der Waals surface area contributed by atoms with Crippen molar-refractivity contribution in [3.8, 4) is 0 Å². The molecule has 0 aliphatic carbocycles. The van der Waals surface area contributed by atoms with E-state index in [-0.39, 0.29) is 30.0 Å². The van der Waals surface area contributed by atoms with E-state index in [0.29, 0.717) is 12.2 Å². The van der Waals surface area contributed by atoms with Crippen LogP contribution in [0.2, 0.25) is 0 Å². The molecule has 1 rings (SSSR count). The van der Waals surface area contributed by atoms with Crippen molar-refractivity contribution in [2.45, 2.75) is 57.3 Å². The van der Waals surface area contributed by atoms with Crippen LogP contribution in [0.25, 0.3) is 0 Å². The molecular weight excluding hydrogens is 416 g/mol. The zero-order chi connectivity index (χ0) is 22.0. The summed E-state index contributed by atoms with van der Waals surface area (Å²) in [6.07, 6.45) is 3.73. The van der Waals surface area contributed by atoms with Crippen molar-refractivity contribution in [1.29, 1.82) is 0 Å². The number of hydrogen-bond donors (Lipinski definition) is 6. The van der Waals surface area contributed by atoms with Gasteiger partial charge in [-0.1, -0.05) is 13.8 Å². The van der Waals surface area contributed by atoms with E-state index >= 15 is 0 Å². The van der Waals surface area contributed by atoms with E-state index in [9.17, 15) is 24.3 Å². The SMILES string of the molecule is CSCCC(NC(=O)C(NC(=O)C(CS)NC(=O)C1CCCN1)C(C)C)C(=O)O. The van der Waals surface area contributed by atoms with Crippen molar-refractivity contribution in [2.24, 2.45) is 5.92 Å². The van der Waals surface area contributed by atoms with Gasteiger partial charge in [-0.05, 0) is 43.7 Å². The van der Waals surface area contributed by atoms with E-state index in [2.05, 4.69) is 33.9 Å². The van der Waals surface area contributed by atoms with Gasteiger partial charge in [0.2, 0.25) is 17.7 Å². The third-order valence-corrected chi connectivity index (χ3v) is 5.67. The van der Waals surface area contributed by atoms with Crippen molar-refractivity contribution < 1.29 is 24.3 Å². The average molecular weight is 449 g/mol. The van der Waals surface area contributed by atoms with Gasteiger partial charge in [0.15, 0.2) is 0 Å². The number of thioether (sulfide) groups is 1. The molecule has 0 saturated carbocycles. The number of carboxylic acid groups (broad SMARTS) is 1. The minimum Gasteiger partial charge on any atom is -0.480 e. The first-order chi connectivity index (χ1) is 13.7. The second-order valence-corrected chi connectivity index (χ2v) is 8.65. The minimum absolute atomic E-state index is 0.0716. The van der Waals surface area contributed by atoms with Gasteiger partial charge in [0.25, 0.3) is 0 Å². The van der Waals surface area contributed by atoms with Crippen LogP contribution in [0.1, 0.15) is 33.1 Å². The molecule has 5 N–H and O–H groups in total. The summed E-state index contributed by atoms with van der Waals surface area (Å²) in [4.78, 5) is 48.9. The molecule has 1 aliphatic rings. The predicted octanol–water partition coefficient (Wildman–Crippen LogP) is -0.384. The number of aliphatic carboxylic acids is 1. The summed E-state index contributed by atoms with van der Waals surface area (Å²) < 4.78 is 0. The predicted molar refractivity (Wildman–Crippen MR) is 116 cm³/mol. The molecule has 0 aromatic rings. The van der Waals surface area contributed by atoms with Gasteiger partial charge in [0.1, 0.15) is 18.1 Å². The van der Waals surface area contributed by atoms with E-state index in [1.54, 1.807) is 13.8 Å². The Kier molecular flexibility index (Phi) is 11.4. The number of carbonyl (C=O) groups is 4. The van der Waals surface area contributed by atoms with Gasteiger partial charge in [-0.25, -0.2) is 4.79 Å². The fraction of sp³-hybridized carbons (Fsp3) is 0.778. The molecular formula is C18H32N4O5S2. The van der Waals surface area contributed by atoms with Gasteiger partial charge in [-0.2, -0.15) is 24.4 Å². The van der Waals surface area contributed by atoms with E-state index < -0.39 is 35.9 Å². The second kappa shape index (κ2) is 13.0. The first kappa shape index (κ1) is 25.6. The number of carboxylic acids is 1. The van der Waals surface area contributed by atoms with Crippen LogP contribution in [0.4, 0.5) is 0 Å². The fourth-order valence-electron chi connectivity index (χ4n) is 2.92. The Bertz CT molecular complexity index is 585. The largest absolute Gasteiger partial charge is 0.480 e. The molecule has 1 heterocycles. The Labute approximate surface area is 181 Å². The minimum atomic E-state index is -1.12. The lowest BCUT2D eigenvalue weighted by Crippen LogP contribution is -2.58. The third kappa shape index (κ3) is 8.43. The number of thiol groups is 1. The molecule has 1 fully saturated rings. The summed E-state index contributed by atoms with van der Waals surface area (Å²) >= 11 is 5.63. The smallest absolute Gasteiger partial charge is 0.326 e. The zero-order valence-electron chi connectivity index (χ0n) is 17.1. The average Bonchev–Trinajstić information content (AvgIpc) is 3.21. The number of rotatable bonds is 12. The first-order valence-corrected chi connectivity index (χ1v) is 11.7. The van der Waals surface area contributed by atoms with E-state index in [0.717, 1.165) is 13.0 Å². The number of nitrogens with one attached hydrogen (secondary N) is 4. The van der Waals surface area contributed by atoms with Gasteiger partial charge in [-0.3, -0.25) is 14.4 Å². The Hall–Kier alpha value is -1.46. The van der Waals surface area contributed by atoms with E-state index in [1.807, 2.05) is 6.26 Å². The van der Waals surface area contributed by atoms with Crippen LogP contribution in [-0.2, 0) is 19.2 Å². The standard InChI is InChI=1S/C18H32N4O5S2/c1-10(2)14(17(25)20-12(18(26)27)6-8-29-3)22-16(24)13(9-28)21-15(23)11-5-4-7-19-11/h10-14,19,28H,4-9H2,1-3H3,(H,20,25)(H,21,23)(H,22,24)(H,26,27). The van der Waals surface area contributed by atoms with Crippen LogP contribution >= 0.6 is 24.4 Å². The highest BCUT2D eigenvalue weighted by Crippen LogP contribution is 2.08. The summed E-state index contributed by atoms with van der Waals surface area (Å²) in [6, 6.07) is -3.18. The maximum Gasteiger partial charge on any atom is 0.326 e. The van der Waals surface area contributed by atoms with Crippen molar-refractivity contribution >= 4 is 48.1 Å². The summed E-state index contributed by atoms with van der Waals surface area (Å²) in [5.74, 6) is -2.11. The quantitative estimate of drug-likeness (QED) is 0.224. The highest BCUT2D eigenvalue weighted by molar-refractivity contribution is 7.98. The fourth-order valence-corrected chi connectivity index (χ4v) is 3.65. The molecule has 1 aliphatic heterocycles. The maximum absolute atomic E-state index is 12.6. The Morgan fingerprint density at radius 2 is 1.83 bits per heavy atom. The topological polar surface area (TPSA) is 137 Å². The molecule has 0 aromatic heterocycles. The monoisotopic (exact) mass is 448 g/mol. The van der Waals surface area contributed by atoms with Crippen molar-refractivity contribution in [3.63, 3.8) is 0 Å². The lowest BCUT2D eigenvalue weighted by Gasteiger charge is -2.26. The van der Waals surface area contributed by atoms with Crippen LogP contribution < -0.4 is 21.3 Å². The lowest BCUT2D eigenvalue weighted by molar-refractivity contribution is -0.142. The molecule has 3 amide bonds. The van der Waals surface area contributed by atoms with Gasteiger partial charge in [0.05, 0.1) is 6.04 Å². The molecule has 0 bridgehead atoms. The van der Waals surface area contributed by atoms with Crippen molar-refractivity contribution in [3.05, 3.63) is 0 Å². The van der Waals surface area contributed by atoms with Crippen LogP contribution in [0, 0.1) is 5.92 Å². The summed E-state index contributed by atoms with van der Waals surface area (Å²) in [6.45, 7) is 4.25. The van der Waals surface area contributed by atoms with Gasteiger partial charge < -0.3 is 26.4 Å². The van der Waals surface area contributed by atoms with Gasteiger partial charge >= 0.3 is 5.97 Å². The Balaban J connectivity index is 2.73. The number of amides is 3. The van der Waals surface area contributed by atoms with Crippen molar-refractivity contribution in [2.75, 3.05) is 24.3 Å². The van der Waals surface area contributed by atoms with Crippen LogP contribution in [0.15, 0.2) is 0 Å². The van der Waals surface area contributed by atoms with E-state index in [4.69, 9.17) is 0 Å². The molecule has 1 saturated heterocycles. The highest BCUT2D eigenvalue weighted by atomic mass is 32.2. The summed E-state index contributed by atoms with van der Waals surface area (Å²) in [5, 5.41) is 20.2. The second-order valence-electron chi connectivity index (χ2n) is 7.30. The normalized spacial score (nSPS) is 19.3. The summed E-state index contributed by atoms with van der Waals surface area (Å²) in [7, 11) is 0. The van der Waals surface area contributed by atoms with Crippen LogP contribution in [-0.4, -0.2) is 77.3 Å². The Morgan fingerprint density at radius 3 is 2.31 bits per heavy atom. The molecule has 0 aromatic carbocycles. The zero-order valence-corrected chi connectivity index (χ0v) is 18.8. The highest BCUT2D eigenvalue weighted by Gasteiger charge is 2.32. The van der Waals surface area contributed by atoms with Crippen LogP contribution in [0.5, 0.6) is 0 Å². The molecule has 11 heteroatoms. The molecule has 29 heavy (non-hydrogen) atoms.